The van der Waals surface area contributed by atoms with E-state index in [-0.39, 0.29) is 17.4 Å². The Morgan fingerprint density at radius 2 is 1.20 bits per heavy atom. The highest BCUT2D eigenvalue weighted by Gasteiger charge is 2.59. The molecule has 1 saturated carbocycles. The zero-order valence-electron chi connectivity index (χ0n) is 33.6. The molecule has 1 unspecified atom stereocenters. The maximum Gasteiger partial charge on any atom is 0.156 e. The summed E-state index contributed by atoms with van der Waals surface area (Å²) in [6.45, 7) is 2.42. The van der Waals surface area contributed by atoms with Gasteiger partial charge in [-0.2, -0.15) is 0 Å². The van der Waals surface area contributed by atoms with E-state index in [2.05, 4.69) is 206 Å². The van der Waals surface area contributed by atoms with E-state index in [4.69, 9.17) is 14.4 Å². The van der Waals surface area contributed by atoms with Crippen LogP contribution in [0.3, 0.4) is 0 Å². The standard InChI is InChI=1S/C57H39N3O/c1-57-34-47(57)54(40-22-13-21-37(29-40)35-15-3-2-4-16-35)58-56(44-26-14-20-36-17-7-8-23-42(36)44)59-55(57)41-32-50(53-45-25-10-12-28-51(45)61-52(53)33-41)60-48-27-11-9-24-43(48)46-30-38-18-5-6-19-39(38)31-49(46)60/h2-33,47,55H,34H2,1H3/t47-,55?,57-/m1/s1. The number of hydrogen-bond acceptors (Lipinski definition) is 3. The van der Waals surface area contributed by atoms with Crippen molar-refractivity contribution in [1.82, 2.24) is 4.57 Å². The Bertz CT molecular complexity index is 3660. The lowest BCUT2D eigenvalue weighted by Gasteiger charge is -2.23. The smallest absolute Gasteiger partial charge is 0.156 e. The van der Waals surface area contributed by atoms with E-state index < -0.39 is 0 Å². The van der Waals surface area contributed by atoms with Gasteiger partial charge >= 0.3 is 0 Å². The molecule has 0 bridgehead atoms. The lowest BCUT2D eigenvalue weighted by Crippen LogP contribution is -2.15. The zero-order valence-corrected chi connectivity index (χ0v) is 33.6. The molecule has 0 saturated heterocycles. The minimum atomic E-state index is -0.199. The van der Waals surface area contributed by atoms with Crippen LogP contribution in [0, 0.1) is 11.3 Å². The Labute approximate surface area is 352 Å². The summed E-state index contributed by atoms with van der Waals surface area (Å²) in [6, 6.07) is 69.8. The molecular weight excluding hydrogens is 743 g/mol. The van der Waals surface area contributed by atoms with Crippen molar-refractivity contribution in [2.24, 2.45) is 21.3 Å². The Morgan fingerprint density at radius 1 is 0.525 bits per heavy atom. The van der Waals surface area contributed by atoms with Gasteiger partial charge in [-0.05, 0) is 92.7 Å². The fourth-order valence-corrected chi connectivity index (χ4v) is 10.4. The first kappa shape index (κ1) is 34.3. The third-order valence-corrected chi connectivity index (χ3v) is 13.6. The summed E-state index contributed by atoms with van der Waals surface area (Å²) in [5.74, 6) is 0.971. The highest BCUT2D eigenvalue weighted by molar-refractivity contribution is 6.20. The predicted octanol–water partition coefficient (Wildman–Crippen LogP) is 14.7. The molecule has 11 aromatic rings. The van der Waals surface area contributed by atoms with E-state index in [1.54, 1.807) is 0 Å². The molecule has 3 heterocycles. The van der Waals surface area contributed by atoms with Crippen LogP contribution in [0.5, 0.6) is 0 Å². The highest BCUT2D eigenvalue weighted by atomic mass is 16.3. The molecule has 1 aliphatic heterocycles. The van der Waals surface area contributed by atoms with E-state index in [0.717, 1.165) is 73.2 Å². The SMILES string of the molecule is C[C@@]12C[C@@H]1C(c1cccc(-c3ccccc3)c1)=NC(c1cccc3ccccc13)=NC2c1cc(-n2c3ccccc3c3cc4ccccc4cc32)c2c(c1)oc1ccccc12. The van der Waals surface area contributed by atoms with Crippen LogP contribution in [0.2, 0.25) is 0 Å². The van der Waals surface area contributed by atoms with Crippen molar-refractivity contribution in [3.05, 3.63) is 211 Å². The van der Waals surface area contributed by atoms with Gasteiger partial charge in [-0.3, -0.25) is 4.99 Å². The summed E-state index contributed by atoms with van der Waals surface area (Å²) in [6.07, 6.45) is 0.979. The first-order valence-corrected chi connectivity index (χ1v) is 21.3. The molecule has 0 spiro atoms. The second kappa shape index (κ2) is 13.0. The van der Waals surface area contributed by atoms with E-state index >= 15 is 0 Å². The Hall–Kier alpha value is -7.56. The molecule has 4 nitrogen and oxygen atoms in total. The summed E-state index contributed by atoms with van der Waals surface area (Å²) in [5, 5.41) is 9.44. The number of aliphatic imine (C=N–C) groups is 2. The van der Waals surface area contributed by atoms with Crippen molar-refractivity contribution < 1.29 is 4.42 Å². The van der Waals surface area contributed by atoms with Crippen LogP contribution in [0.15, 0.2) is 209 Å². The van der Waals surface area contributed by atoms with E-state index in [9.17, 15) is 0 Å². The third kappa shape index (κ3) is 5.25. The van der Waals surface area contributed by atoms with Gasteiger partial charge in [-0.15, -0.1) is 0 Å². The number of rotatable bonds is 5. The molecule has 61 heavy (non-hydrogen) atoms. The van der Waals surface area contributed by atoms with Crippen LogP contribution < -0.4 is 0 Å². The molecule has 0 radical (unpaired) electrons. The number of nitrogens with zero attached hydrogens (tertiary/aromatic N) is 3. The molecule has 9 aromatic carbocycles. The average Bonchev–Trinajstić information content (AvgIpc) is 3.73. The molecular formula is C57H39N3O. The van der Waals surface area contributed by atoms with Crippen LogP contribution >= 0.6 is 0 Å². The molecule has 1 fully saturated rings. The number of aromatic nitrogens is 1. The van der Waals surface area contributed by atoms with Crippen LogP contribution in [0.25, 0.3) is 82.1 Å². The summed E-state index contributed by atoms with van der Waals surface area (Å²) < 4.78 is 9.33. The quantitative estimate of drug-likeness (QED) is 0.171. The van der Waals surface area contributed by atoms with Gasteiger partial charge in [0.1, 0.15) is 11.2 Å². The second-order valence-electron chi connectivity index (χ2n) is 17.2. The number of benzene rings is 9. The Morgan fingerprint density at radius 3 is 2.07 bits per heavy atom. The van der Waals surface area contributed by atoms with Gasteiger partial charge < -0.3 is 8.98 Å². The predicted molar refractivity (Wildman–Crippen MR) is 253 cm³/mol. The fraction of sp³-hybridized carbons (Fsp3) is 0.0877. The van der Waals surface area contributed by atoms with Crippen molar-refractivity contribution >= 4 is 76.8 Å². The fourth-order valence-electron chi connectivity index (χ4n) is 10.4. The molecule has 1 aliphatic carbocycles. The third-order valence-electron chi connectivity index (χ3n) is 13.6. The summed E-state index contributed by atoms with van der Waals surface area (Å²) >= 11 is 0. The van der Waals surface area contributed by atoms with Crippen molar-refractivity contribution in [2.45, 2.75) is 19.4 Å². The van der Waals surface area contributed by atoms with E-state index in [0.29, 0.717) is 0 Å². The summed E-state index contributed by atoms with van der Waals surface area (Å²) in [4.78, 5) is 11.5. The van der Waals surface area contributed by atoms with Crippen molar-refractivity contribution in [2.75, 3.05) is 0 Å². The molecule has 2 aromatic heterocycles. The number of para-hydroxylation sites is 2. The molecule has 4 heteroatoms. The van der Waals surface area contributed by atoms with Gasteiger partial charge in [0.05, 0.1) is 33.9 Å². The molecule has 13 rings (SSSR count). The van der Waals surface area contributed by atoms with Crippen molar-refractivity contribution in [3.63, 3.8) is 0 Å². The minimum absolute atomic E-state index is 0.193. The van der Waals surface area contributed by atoms with Crippen LogP contribution in [-0.4, -0.2) is 16.1 Å². The molecule has 2 aliphatic rings. The van der Waals surface area contributed by atoms with Gasteiger partial charge in [0.2, 0.25) is 0 Å². The van der Waals surface area contributed by atoms with Crippen LogP contribution in [0.1, 0.15) is 36.1 Å². The maximum atomic E-state index is 6.85. The highest BCUT2D eigenvalue weighted by Crippen LogP contribution is 2.64. The zero-order chi connectivity index (χ0) is 40.2. The number of furan rings is 1. The van der Waals surface area contributed by atoms with E-state index in [1.807, 2.05) is 0 Å². The molecule has 3 atom stereocenters. The van der Waals surface area contributed by atoms with Gasteiger partial charge in [0, 0.05) is 33.1 Å². The monoisotopic (exact) mass is 781 g/mol. The van der Waals surface area contributed by atoms with Gasteiger partial charge in [0.25, 0.3) is 0 Å². The lowest BCUT2D eigenvalue weighted by atomic mass is 9.87. The van der Waals surface area contributed by atoms with Crippen molar-refractivity contribution in [1.29, 1.82) is 0 Å². The summed E-state index contributed by atoms with van der Waals surface area (Å²) in [5.41, 5.74) is 11.8. The lowest BCUT2D eigenvalue weighted by molar-refractivity contribution is 0.438. The molecule has 288 valence electrons. The first-order valence-electron chi connectivity index (χ1n) is 21.3. The first-order chi connectivity index (χ1) is 30.1. The maximum absolute atomic E-state index is 6.85. The van der Waals surface area contributed by atoms with Gasteiger partial charge in [0.15, 0.2) is 5.84 Å². The summed E-state index contributed by atoms with van der Waals surface area (Å²) in [7, 11) is 0. The average molecular weight is 782 g/mol. The topological polar surface area (TPSA) is 42.8 Å². The van der Waals surface area contributed by atoms with Crippen LogP contribution in [0.4, 0.5) is 0 Å². The van der Waals surface area contributed by atoms with Crippen LogP contribution in [-0.2, 0) is 0 Å². The second-order valence-corrected chi connectivity index (χ2v) is 17.2. The molecule has 0 amide bonds. The number of fused-ring (bicyclic) bond motifs is 9. The number of amidine groups is 1. The van der Waals surface area contributed by atoms with Gasteiger partial charge in [-0.25, -0.2) is 4.99 Å². The molecule has 0 N–H and O–H groups in total. The van der Waals surface area contributed by atoms with E-state index in [1.165, 1.54) is 43.6 Å². The minimum Gasteiger partial charge on any atom is -0.456 e. The Balaban J connectivity index is 1.07. The van der Waals surface area contributed by atoms with Crippen molar-refractivity contribution in [3.8, 4) is 16.8 Å². The number of hydrogen-bond donors (Lipinski definition) is 0. The Kier molecular flexibility index (Phi) is 7.30. The largest absolute Gasteiger partial charge is 0.456 e. The normalized spacial score (nSPS) is 18.8. The van der Waals surface area contributed by atoms with Gasteiger partial charge in [-0.1, -0.05) is 159 Å².